The summed E-state index contributed by atoms with van der Waals surface area (Å²) in [4.78, 5) is 14.4. The van der Waals surface area contributed by atoms with Crippen LogP contribution in [0.5, 0.6) is 0 Å². The van der Waals surface area contributed by atoms with E-state index in [0.29, 0.717) is 24.4 Å². The molecule has 1 aromatic rings. The molecule has 21 heavy (non-hydrogen) atoms. The van der Waals surface area contributed by atoms with Gasteiger partial charge in [0.15, 0.2) is 0 Å². The van der Waals surface area contributed by atoms with Crippen LogP contribution in [0.4, 0.5) is 0 Å². The van der Waals surface area contributed by atoms with Crippen LogP contribution in [0.3, 0.4) is 0 Å². The van der Waals surface area contributed by atoms with Crippen LogP contribution in [0.15, 0.2) is 24.3 Å². The zero-order valence-electron chi connectivity index (χ0n) is 12.4. The number of carbonyl (C=O) groups is 1. The molecule has 1 saturated carbocycles. The van der Waals surface area contributed by atoms with Crippen LogP contribution < -0.4 is 0 Å². The average molecular weight is 305 g/mol. The monoisotopic (exact) mass is 304 g/mol. The van der Waals surface area contributed by atoms with Gasteiger partial charge in [-0.2, -0.15) is 5.26 Å². The van der Waals surface area contributed by atoms with E-state index in [0.717, 1.165) is 31.2 Å². The second kappa shape index (κ2) is 6.95. The highest BCUT2D eigenvalue weighted by atomic mass is 35.5. The quantitative estimate of drug-likeness (QED) is 0.787. The molecule has 1 aliphatic rings. The van der Waals surface area contributed by atoms with Gasteiger partial charge in [-0.1, -0.05) is 49.4 Å². The van der Waals surface area contributed by atoms with E-state index in [1.807, 2.05) is 24.3 Å². The highest BCUT2D eigenvalue weighted by Gasteiger charge is 2.40. The molecule has 2 rings (SSSR count). The Morgan fingerprint density at radius 3 is 2.33 bits per heavy atom. The predicted molar refractivity (Wildman–Crippen MR) is 83.7 cm³/mol. The number of hydrogen-bond donors (Lipinski definition) is 0. The van der Waals surface area contributed by atoms with Gasteiger partial charge in [0.05, 0.1) is 6.07 Å². The molecule has 0 heterocycles. The summed E-state index contributed by atoms with van der Waals surface area (Å²) < 4.78 is 0. The highest BCUT2D eigenvalue weighted by Crippen LogP contribution is 2.36. The van der Waals surface area contributed by atoms with Gasteiger partial charge in [0.25, 0.3) is 0 Å². The molecule has 0 saturated heterocycles. The minimum Gasteiger partial charge on any atom is -0.340 e. The highest BCUT2D eigenvalue weighted by molar-refractivity contribution is 6.30. The first kappa shape index (κ1) is 15.9. The van der Waals surface area contributed by atoms with Gasteiger partial charge in [0.1, 0.15) is 5.41 Å². The molecule has 0 bridgehead atoms. The fraction of sp³-hybridized carbons (Fsp3) is 0.529. The average Bonchev–Trinajstić information content (AvgIpc) is 2.75. The Kier molecular flexibility index (Phi) is 5.25. The van der Waals surface area contributed by atoms with Crippen molar-refractivity contribution in [2.24, 2.45) is 5.41 Å². The molecule has 0 aliphatic heterocycles. The van der Waals surface area contributed by atoms with Crippen LogP contribution in [0.1, 0.15) is 44.1 Å². The van der Waals surface area contributed by atoms with Gasteiger partial charge in [0.2, 0.25) is 5.91 Å². The lowest BCUT2D eigenvalue weighted by atomic mass is 9.80. The maximum Gasteiger partial charge on any atom is 0.243 e. The van der Waals surface area contributed by atoms with Crippen molar-refractivity contribution in [3.63, 3.8) is 0 Å². The minimum absolute atomic E-state index is 0.0400. The normalized spacial score (nSPS) is 17.6. The summed E-state index contributed by atoms with van der Waals surface area (Å²) in [7, 11) is 1.78. The van der Waals surface area contributed by atoms with Gasteiger partial charge >= 0.3 is 0 Å². The van der Waals surface area contributed by atoms with Crippen LogP contribution in [-0.4, -0.2) is 17.9 Å². The molecule has 4 heteroatoms. The van der Waals surface area contributed by atoms with E-state index in [1.165, 1.54) is 0 Å². The molecule has 0 N–H and O–H groups in total. The van der Waals surface area contributed by atoms with Crippen molar-refractivity contribution in [1.82, 2.24) is 4.90 Å². The minimum atomic E-state index is -0.822. The lowest BCUT2D eigenvalue weighted by molar-refractivity contribution is -0.138. The molecule has 0 aromatic heterocycles. The lowest BCUT2D eigenvalue weighted by Gasteiger charge is -2.29. The zero-order valence-corrected chi connectivity index (χ0v) is 13.2. The Morgan fingerprint density at radius 1 is 1.24 bits per heavy atom. The van der Waals surface area contributed by atoms with E-state index in [-0.39, 0.29) is 5.91 Å². The van der Waals surface area contributed by atoms with Crippen LogP contribution in [0, 0.1) is 16.7 Å². The molecule has 1 aliphatic carbocycles. The Bertz CT molecular complexity index is 525. The second-order valence-electron chi connectivity index (χ2n) is 5.90. The molecule has 0 radical (unpaired) electrons. The topological polar surface area (TPSA) is 44.1 Å². The fourth-order valence-electron chi connectivity index (χ4n) is 3.01. The van der Waals surface area contributed by atoms with Gasteiger partial charge < -0.3 is 4.90 Å². The van der Waals surface area contributed by atoms with Gasteiger partial charge in [-0.3, -0.25) is 4.79 Å². The molecule has 0 spiro atoms. The molecule has 1 aromatic carbocycles. The van der Waals surface area contributed by atoms with Gasteiger partial charge in [-0.05, 0) is 30.5 Å². The number of benzene rings is 1. The third kappa shape index (κ3) is 3.77. The summed E-state index contributed by atoms with van der Waals surface area (Å²) >= 11 is 5.87. The number of amides is 1. The van der Waals surface area contributed by atoms with Gasteiger partial charge in [0, 0.05) is 18.6 Å². The van der Waals surface area contributed by atoms with E-state index < -0.39 is 5.41 Å². The van der Waals surface area contributed by atoms with Crippen molar-refractivity contribution >= 4 is 17.5 Å². The Hall–Kier alpha value is -1.53. The maximum absolute atomic E-state index is 12.8. The van der Waals surface area contributed by atoms with Crippen LogP contribution in [0.25, 0.3) is 0 Å². The van der Waals surface area contributed by atoms with Gasteiger partial charge in [-0.25, -0.2) is 0 Å². The molecule has 0 unspecified atom stereocenters. The third-order valence-corrected chi connectivity index (χ3v) is 4.51. The van der Waals surface area contributed by atoms with Crippen LogP contribution in [0.2, 0.25) is 5.02 Å². The summed E-state index contributed by atoms with van der Waals surface area (Å²) in [6, 6.07) is 9.79. The molecule has 1 amide bonds. The summed E-state index contributed by atoms with van der Waals surface area (Å²) in [5.74, 6) is -0.0400. The van der Waals surface area contributed by atoms with Crippen LogP contribution in [-0.2, 0) is 11.3 Å². The van der Waals surface area contributed by atoms with Gasteiger partial charge in [-0.15, -0.1) is 0 Å². The number of nitrogens with zero attached hydrogens (tertiary/aromatic N) is 2. The molecule has 0 atom stereocenters. The summed E-state index contributed by atoms with van der Waals surface area (Å²) in [5.41, 5.74) is 0.203. The van der Waals surface area contributed by atoms with E-state index >= 15 is 0 Å². The van der Waals surface area contributed by atoms with Crippen LogP contribution >= 0.6 is 11.6 Å². The molecular weight excluding hydrogens is 284 g/mol. The molecule has 3 nitrogen and oxygen atoms in total. The summed E-state index contributed by atoms with van der Waals surface area (Å²) in [6.07, 6.45) is 5.55. The third-order valence-electron chi connectivity index (χ3n) is 4.26. The number of halogens is 1. The number of nitriles is 1. The van der Waals surface area contributed by atoms with Crippen molar-refractivity contribution in [2.45, 2.75) is 45.1 Å². The van der Waals surface area contributed by atoms with E-state index in [4.69, 9.17) is 11.6 Å². The van der Waals surface area contributed by atoms with Crippen molar-refractivity contribution in [2.75, 3.05) is 7.05 Å². The second-order valence-corrected chi connectivity index (χ2v) is 6.33. The number of hydrogen-bond acceptors (Lipinski definition) is 2. The fourth-order valence-corrected chi connectivity index (χ4v) is 3.13. The lowest BCUT2D eigenvalue weighted by Crippen LogP contribution is -2.40. The molecule has 1 fully saturated rings. The van der Waals surface area contributed by atoms with E-state index in [9.17, 15) is 10.1 Å². The first-order chi connectivity index (χ1) is 10.1. The SMILES string of the molecule is CN(Cc1ccc(Cl)cc1)C(=O)C1(C#N)CCCCCC1. The first-order valence-electron chi connectivity index (χ1n) is 7.49. The summed E-state index contributed by atoms with van der Waals surface area (Å²) in [5, 5.41) is 10.3. The number of rotatable bonds is 3. The molecular formula is C17H21ClN2O. The predicted octanol–water partition coefficient (Wildman–Crippen LogP) is 4.16. The van der Waals surface area contributed by atoms with E-state index in [2.05, 4.69) is 6.07 Å². The van der Waals surface area contributed by atoms with E-state index in [1.54, 1.807) is 11.9 Å². The smallest absolute Gasteiger partial charge is 0.243 e. The van der Waals surface area contributed by atoms with Crippen molar-refractivity contribution in [3.8, 4) is 6.07 Å². The zero-order chi connectivity index (χ0) is 15.3. The largest absolute Gasteiger partial charge is 0.340 e. The standard InChI is InChI=1S/C17H21ClN2O/c1-20(12-14-6-8-15(18)9-7-14)16(21)17(13-19)10-4-2-3-5-11-17/h6-9H,2-5,10-12H2,1H3. The first-order valence-corrected chi connectivity index (χ1v) is 7.86. The van der Waals surface area contributed by atoms with Crippen molar-refractivity contribution < 1.29 is 4.79 Å². The van der Waals surface area contributed by atoms with Crippen molar-refractivity contribution in [3.05, 3.63) is 34.9 Å². The number of carbonyl (C=O) groups excluding carboxylic acids is 1. The Labute approximate surface area is 131 Å². The van der Waals surface area contributed by atoms with Crippen molar-refractivity contribution in [1.29, 1.82) is 5.26 Å². The Balaban J connectivity index is 2.09. The Morgan fingerprint density at radius 2 is 1.81 bits per heavy atom. The summed E-state index contributed by atoms with van der Waals surface area (Å²) in [6.45, 7) is 0.513. The molecule has 112 valence electrons. The maximum atomic E-state index is 12.8.